The van der Waals surface area contributed by atoms with Gasteiger partial charge in [0.25, 0.3) is 0 Å². The molecule has 0 saturated carbocycles. The second-order valence-electron chi connectivity index (χ2n) is 2.90. The second kappa shape index (κ2) is 3.05. The minimum atomic E-state index is 0.0868. The molecule has 0 saturated heterocycles. The summed E-state index contributed by atoms with van der Waals surface area (Å²) < 4.78 is 1.84. The first-order valence-corrected chi connectivity index (χ1v) is 3.78. The molecule has 0 aliphatic carbocycles. The third-order valence-electron chi connectivity index (χ3n) is 1.73. The Labute approximate surface area is 66.7 Å². The SMILES string of the molecule is Cc1cc(C)n(C(C)CO)n1. The number of rotatable bonds is 2. The summed E-state index contributed by atoms with van der Waals surface area (Å²) in [7, 11) is 0. The first-order chi connectivity index (χ1) is 5.15. The van der Waals surface area contributed by atoms with E-state index in [4.69, 9.17) is 5.11 Å². The normalized spacial score (nSPS) is 13.5. The molecule has 1 unspecified atom stereocenters. The fourth-order valence-corrected chi connectivity index (χ4v) is 1.17. The van der Waals surface area contributed by atoms with Gasteiger partial charge in [0.05, 0.1) is 18.3 Å². The van der Waals surface area contributed by atoms with Gasteiger partial charge in [-0.3, -0.25) is 4.68 Å². The van der Waals surface area contributed by atoms with Gasteiger partial charge in [-0.2, -0.15) is 5.10 Å². The molecule has 11 heavy (non-hydrogen) atoms. The maximum Gasteiger partial charge on any atom is 0.0724 e. The lowest BCUT2D eigenvalue weighted by atomic mass is 10.3. The molecule has 3 nitrogen and oxygen atoms in total. The molecule has 3 heteroatoms. The van der Waals surface area contributed by atoms with E-state index < -0.39 is 0 Å². The van der Waals surface area contributed by atoms with Crippen molar-refractivity contribution in [1.82, 2.24) is 9.78 Å². The molecule has 0 radical (unpaired) electrons. The molecular weight excluding hydrogens is 140 g/mol. The minimum Gasteiger partial charge on any atom is -0.394 e. The molecule has 0 amide bonds. The van der Waals surface area contributed by atoms with E-state index in [-0.39, 0.29) is 12.6 Å². The van der Waals surface area contributed by atoms with Crippen molar-refractivity contribution in [2.75, 3.05) is 6.61 Å². The third-order valence-corrected chi connectivity index (χ3v) is 1.73. The van der Waals surface area contributed by atoms with Gasteiger partial charge < -0.3 is 5.11 Å². The highest BCUT2D eigenvalue weighted by molar-refractivity contribution is 5.07. The smallest absolute Gasteiger partial charge is 0.0724 e. The van der Waals surface area contributed by atoms with Crippen LogP contribution in [0, 0.1) is 13.8 Å². The van der Waals surface area contributed by atoms with Crippen molar-refractivity contribution < 1.29 is 5.11 Å². The summed E-state index contributed by atoms with van der Waals surface area (Å²) in [5.74, 6) is 0. The Balaban J connectivity index is 2.93. The molecule has 62 valence electrons. The van der Waals surface area contributed by atoms with E-state index in [2.05, 4.69) is 5.10 Å². The van der Waals surface area contributed by atoms with Gasteiger partial charge in [0.1, 0.15) is 0 Å². The molecule has 1 N–H and O–H groups in total. The van der Waals surface area contributed by atoms with Gasteiger partial charge in [-0.25, -0.2) is 0 Å². The van der Waals surface area contributed by atoms with E-state index in [9.17, 15) is 0 Å². The molecular formula is C8H14N2O. The number of aryl methyl sites for hydroxylation is 2. The summed E-state index contributed by atoms with van der Waals surface area (Å²) in [6, 6.07) is 2.09. The molecule has 0 bridgehead atoms. The summed E-state index contributed by atoms with van der Waals surface area (Å²) in [4.78, 5) is 0. The van der Waals surface area contributed by atoms with E-state index in [1.165, 1.54) is 0 Å². The number of aliphatic hydroxyl groups is 1. The van der Waals surface area contributed by atoms with E-state index in [0.717, 1.165) is 11.4 Å². The van der Waals surface area contributed by atoms with Crippen LogP contribution in [0.1, 0.15) is 24.4 Å². The fraction of sp³-hybridized carbons (Fsp3) is 0.625. The quantitative estimate of drug-likeness (QED) is 0.691. The average Bonchev–Trinajstić information content (AvgIpc) is 2.28. The summed E-state index contributed by atoms with van der Waals surface area (Å²) in [5, 5.41) is 13.1. The summed E-state index contributed by atoms with van der Waals surface area (Å²) in [5.41, 5.74) is 2.10. The Morgan fingerprint density at radius 3 is 2.64 bits per heavy atom. The average molecular weight is 154 g/mol. The van der Waals surface area contributed by atoms with Gasteiger partial charge >= 0.3 is 0 Å². The van der Waals surface area contributed by atoms with Crippen LogP contribution in [-0.2, 0) is 0 Å². The van der Waals surface area contributed by atoms with Crippen LogP contribution >= 0.6 is 0 Å². The van der Waals surface area contributed by atoms with Crippen LogP contribution in [0.5, 0.6) is 0 Å². The predicted molar refractivity (Wildman–Crippen MR) is 43.5 cm³/mol. The Hall–Kier alpha value is -0.830. The highest BCUT2D eigenvalue weighted by Gasteiger charge is 2.06. The van der Waals surface area contributed by atoms with Crippen LogP contribution < -0.4 is 0 Å². The molecule has 0 aliphatic heterocycles. The van der Waals surface area contributed by atoms with Gasteiger partial charge in [-0.05, 0) is 26.8 Å². The standard InChI is InChI=1S/C8H14N2O/c1-6-4-7(2)10(9-6)8(3)5-11/h4,8,11H,5H2,1-3H3. The zero-order chi connectivity index (χ0) is 8.43. The lowest BCUT2D eigenvalue weighted by molar-refractivity contribution is 0.227. The number of nitrogens with zero attached hydrogens (tertiary/aromatic N) is 2. The molecule has 1 aromatic rings. The third kappa shape index (κ3) is 1.60. The van der Waals surface area contributed by atoms with Crippen molar-refractivity contribution in [3.63, 3.8) is 0 Å². The minimum absolute atomic E-state index is 0.0868. The van der Waals surface area contributed by atoms with Crippen molar-refractivity contribution in [2.45, 2.75) is 26.8 Å². The molecule has 1 aromatic heterocycles. The van der Waals surface area contributed by atoms with Crippen LogP contribution in [0.25, 0.3) is 0 Å². The molecule has 1 rings (SSSR count). The van der Waals surface area contributed by atoms with Crippen molar-refractivity contribution >= 4 is 0 Å². The van der Waals surface area contributed by atoms with Crippen LogP contribution in [0.15, 0.2) is 6.07 Å². The van der Waals surface area contributed by atoms with E-state index in [1.54, 1.807) is 0 Å². The topological polar surface area (TPSA) is 38.0 Å². The lowest BCUT2D eigenvalue weighted by Gasteiger charge is -2.09. The van der Waals surface area contributed by atoms with Crippen molar-refractivity contribution in [2.24, 2.45) is 0 Å². The lowest BCUT2D eigenvalue weighted by Crippen LogP contribution is -2.12. The Kier molecular flexibility index (Phi) is 2.29. The van der Waals surface area contributed by atoms with Crippen LogP contribution in [0.3, 0.4) is 0 Å². The summed E-state index contributed by atoms with van der Waals surface area (Å²) in [6.45, 7) is 6.03. The van der Waals surface area contributed by atoms with Crippen molar-refractivity contribution in [3.05, 3.63) is 17.5 Å². The first-order valence-electron chi connectivity index (χ1n) is 3.78. The molecule has 0 aliphatic rings. The van der Waals surface area contributed by atoms with Crippen molar-refractivity contribution in [1.29, 1.82) is 0 Å². The van der Waals surface area contributed by atoms with Gasteiger partial charge in [-0.15, -0.1) is 0 Å². The predicted octanol–water partition coefficient (Wildman–Crippen LogP) is 1.05. The van der Waals surface area contributed by atoms with Crippen LogP contribution in [-0.4, -0.2) is 21.5 Å². The van der Waals surface area contributed by atoms with Gasteiger partial charge in [0, 0.05) is 5.69 Å². The summed E-state index contributed by atoms with van der Waals surface area (Å²) >= 11 is 0. The Morgan fingerprint density at radius 2 is 2.27 bits per heavy atom. The van der Waals surface area contributed by atoms with Crippen LogP contribution in [0.4, 0.5) is 0 Å². The molecule has 0 fully saturated rings. The van der Waals surface area contributed by atoms with E-state index in [0.29, 0.717) is 0 Å². The monoisotopic (exact) mass is 154 g/mol. The number of aromatic nitrogens is 2. The molecule has 0 aromatic carbocycles. The number of hydrogen-bond acceptors (Lipinski definition) is 2. The highest BCUT2D eigenvalue weighted by atomic mass is 16.3. The maximum atomic E-state index is 8.86. The van der Waals surface area contributed by atoms with Gasteiger partial charge in [0.2, 0.25) is 0 Å². The van der Waals surface area contributed by atoms with Gasteiger partial charge in [-0.1, -0.05) is 0 Å². The summed E-state index contributed by atoms with van der Waals surface area (Å²) in [6.07, 6.45) is 0. The first kappa shape index (κ1) is 8.27. The van der Waals surface area contributed by atoms with Crippen molar-refractivity contribution in [3.8, 4) is 0 Å². The molecule has 1 heterocycles. The van der Waals surface area contributed by atoms with E-state index in [1.807, 2.05) is 31.5 Å². The fourth-order valence-electron chi connectivity index (χ4n) is 1.17. The zero-order valence-electron chi connectivity index (χ0n) is 7.20. The maximum absolute atomic E-state index is 8.86. The highest BCUT2D eigenvalue weighted by Crippen LogP contribution is 2.08. The molecule has 0 spiro atoms. The van der Waals surface area contributed by atoms with E-state index >= 15 is 0 Å². The van der Waals surface area contributed by atoms with Gasteiger partial charge in [0.15, 0.2) is 0 Å². The van der Waals surface area contributed by atoms with Crippen LogP contribution in [0.2, 0.25) is 0 Å². The Bertz CT molecular complexity index is 242. The second-order valence-corrected chi connectivity index (χ2v) is 2.90. The number of hydrogen-bond donors (Lipinski definition) is 1. The number of aliphatic hydroxyl groups excluding tert-OH is 1. The molecule has 1 atom stereocenters. The largest absolute Gasteiger partial charge is 0.394 e. The Morgan fingerprint density at radius 1 is 1.64 bits per heavy atom. The zero-order valence-corrected chi connectivity index (χ0v) is 7.20.